The van der Waals surface area contributed by atoms with Gasteiger partial charge in [0, 0.05) is 67.8 Å². The molecule has 3 aromatic rings. The normalized spacial score (nSPS) is 15.3. The summed E-state index contributed by atoms with van der Waals surface area (Å²) in [6, 6.07) is 18.0. The molecule has 1 saturated heterocycles. The van der Waals surface area contributed by atoms with Crippen molar-refractivity contribution in [3.05, 3.63) is 98.6 Å². The molecule has 0 atom stereocenters. The van der Waals surface area contributed by atoms with Crippen molar-refractivity contribution < 1.29 is 19.2 Å². The molecule has 0 unspecified atom stereocenters. The zero-order valence-corrected chi connectivity index (χ0v) is 22.5. The first-order valence-electron chi connectivity index (χ1n) is 13.5. The second-order valence-electron chi connectivity index (χ2n) is 10.1. The lowest BCUT2D eigenvalue weighted by molar-refractivity contribution is -0.385. The molecular formula is C30H33N5O5. The maximum Gasteiger partial charge on any atom is 0.273 e. The van der Waals surface area contributed by atoms with E-state index in [2.05, 4.69) is 32.6 Å². The van der Waals surface area contributed by atoms with E-state index in [1.807, 2.05) is 18.2 Å². The van der Waals surface area contributed by atoms with Gasteiger partial charge in [-0.15, -0.1) is 0 Å². The number of carbonyl (C=O) groups excluding carboxylic acids is 2. The Hall–Kier alpha value is -4.28. The summed E-state index contributed by atoms with van der Waals surface area (Å²) in [5.74, 6) is -0.703. The second-order valence-corrected chi connectivity index (χ2v) is 10.1. The van der Waals surface area contributed by atoms with Gasteiger partial charge in [0.05, 0.1) is 23.7 Å². The highest BCUT2D eigenvalue weighted by molar-refractivity contribution is 6.06. The Labute approximate surface area is 233 Å². The van der Waals surface area contributed by atoms with Crippen LogP contribution in [0.15, 0.2) is 60.7 Å². The molecule has 5 rings (SSSR count). The Balaban J connectivity index is 1.37. The Morgan fingerprint density at radius 1 is 0.975 bits per heavy atom. The van der Waals surface area contributed by atoms with E-state index in [0.717, 1.165) is 38.3 Å². The number of ether oxygens (including phenoxy) is 1. The quantitative estimate of drug-likeness (QED) is 0.328. The number of nitrogens with zero attached hydrogens (tertiary/aromatic N) is 3. The molecule has 2 aliphatic heterocycles. The number of benzene rings is 3. The van der Waals surface area contributed by atoms with Crippen molar-refractivity contribution in [1.29, 1.82) is 0 Å². The van der Waals surface area contributed by atoms with E-state index in [1.165, 1.54) is 17.2 Å². The van der Waals surface area contributed by atoms with E-state index in [-0.39, 0.29) is 17.2 Å². The lowest BCUT2D eigenvalue weighted by Crippen LogP contribution is -2.41. The van der Waals surface area contributed by atoms with Gasteiger partial charge in [0.15, 0.2) is 0 Å². The number of amides is 2. The summed E-state index contributed by atoms with van der Waals surface area (Å²) in [6.07, 6.45) is 0.874. The topological polar surface area (TPSA) is 117 Å². The first kappa shape index (κ1) is 27.3. The number of carbonyl (C=O) groups is 2. The number of anilines is 2. The van der Waals surface area contributed by atoms with Gasteiger partial charge in [0.25, 0.3) is 17.5 Å². The zero-order chi connectivity index (χ0) is 28.1. The monoisotopic (exact) mass is 543 g/mol. The molecule has 2 heterocycles. The Kier molecular flexibility index (Phi) is 8.37. The first-order chi connectivity index (χ1) is 19.4. The van der Waals surface area contributed by atoms with Gasteiger partial charge in [-0.1, -0.05) is 30.3 Å². The molecule has 0 spiro atoms. The number of hydrogen-bond donors (Lipinski definition) is 2. The van der Waals surface area contributed by atoms with Crippen LogP contribution in [0.1, 0.15) is 37.4 Å². The van der Waals surface area contributed by atoms with Gasteiger partial charge in [0.2, 0.25) is 0 Å². The molecule has 0 bridgehead atoms. The third-order valence-electron chi connectivity index (χ3n) is 7.46. The predicted octanol–water partition coefficient (Wildman–Crippen LogP) is 3.78. The van der Waals surface area contributed by atoms with Crippen molar-refractivity contribution in [3.63, 3.8) is 0 Å². The number of morpholine rings is 1. The number of hydrogen-bond acceptors (Lipinski definition) is 7. The van der Waals surface area contributed by atoms with E-state index in [9.17, 15) is 19.7 Å². The fourth-order valence-corrected chi connectivity index (χ4v) is 5.17. The van der Waals surface area contributed by atoms with Crippen LogP contribution in [0.2, 0.25) is 0 Å². The van der Waals surface area contributed by atoms with Crippen LogP contribution in [0.5, 0.6) is 0 Å². The Bertz CT molecular complexity index is 1420. The second kappa shape index (κ2) is 12.3. The predicted molar refractivity (Wildman–Crippen MR) is 153 cm³/mol. The highest BCUT2D eigenvalue weighted by Gasteiger charge is 2.23. The lowest BCUT2D eigenvalue weighted by Gasteiger charge is -2.32. The SMILES string of the molecule is Cc1ccc(C(=O)Nc2ccc(N3CCc4ccccc4C3)c(C(=O)NCCN3CCOCC3)c2)cc1[N+](=O)[O-]. The number of nitro groups is 1. The fourth-order valence-electron chi connectivity index (χ4n) is 5.17. The van der Waals surface area contributed by atoms with E-state index in [0.29, 0.717) is 43.1 Å². The third kappa shape index (κ3) is 6.30. The largest absolute Gasteiger partial charge is 0.379 e. The third-order valence-corrected chi connectivity index (χ3v) is 7.46. The molecule has 2 aliphatic rings. The number of fused-ring (bicyclic) bond motifs is 1. The lowest BCUT2D eigenvalue weighted by atomic mass is 9.98. The molecule has 3 aromatic carbocycles. The molecule has 2 N–H and O–H groups in total. The summed E-state index contributed by atoms with van der Waals surface area (Å²) < 4.78 is 5.40. The average molecular weight is 544 g/mol. The van der Waals surface area contributed by atoms with Crippen LogP contribution >= 0.6 is 0 Å². The molecule has 208 valence electrons. The summed E-state index contributed by atoms with van der Waals surface area (Å²) in [6.45, 7) is 7.37. The van der Waals surface area contributed by atoms with E-state index in [1.54, 1.807) is 31.2 Å². The Morgan fingerprint density at radius 3 is 2.52 bits per heavy atom. The molecule has 10 nitrogen and oxygen atoms in total. The van der Waals surface area contributed by atoms with Crippen LogP contribution in [0.3, 0.4) is 0 Å². The average Bonchev–Trinajstić information content (AvgIpc) is 2.97. The van der Waals surface area contributed by atoms with E-state index in [4.69, 9.17) is 4.74 Å². The molecule has 0 radical (unpaired) electrons. The van der Waals surface area contributed by atoms with Gasteiger partial charge in [0.1, 0.15) is 0 Å². The van der Waals surface area contributed by atoms with Crippen molar-refractivity contribution in [1.82, 2.24) is 10.2 Å². The molecular weight excluding hydrogens is 510 g/mol. The van der Waals surface area contributed by atoms with Crippen LogP contribution in [-0.4, -0.2) is 67.6 Å². The first-order valence-corrected chi connectivity index (χ1v) is 13.5. The van der Waals surface area contributed by atoms with Crippen molar-refractivity contribution in [2.24, 2.45) is 0 Å². The molecule has 40 heavy (non-hydrogen) atoms. The van der Waals surface area contributed by atoms with Crippen molar-refractivity contribution in [2.45, 2.75) is 19.9 Å². The molecule has 1 fully saturated rings. The summed E-state index contributed by atoms with van der Waals surface area (Å²) in [5, 5.41) is 17.2. The number of aryl methyl sites for hydroxylation is 1. The molecule has 0 saturated carbocycles. The van der Waals surface area contributed by atoms with E-state index >= 15 is 0 Å². The minimum atomic E-state index is -0.503. The number of nitrogens with one attached hydrogen (secondary N) is 2. The molecule has 0 aromatic heterocycles. The Morgan fingerprint density at radius 2 is 1.75 bits per heavy atom. The number of rotatable bonds is 8. The standard InChI is InChI=1S/C30H33N5O5/c1-21-6-7-23(18-28(21)35(38)39)29(36)32-25-8-9-27(34-12-10-22-4-2-3-5-24(22)20-34)26(19-25)30(37)31-11-13-33-14-16-40-17-15-33/h2-9,18-19H,10-17,20H2,1H3,(H,31,37)(H,32,36). The van der Waals surface area contributed by atoms with Gasteiger partial charge in [-0.05, 0) is 48.7 Å². The molecule has 2 amide bonds. The van der Waals surface area contributed by atoms with Crippen LogP contribution in [-0.2, 0) is 17.7 Å². The molecule has 0 aliphatic carbocycles. The summed E-state index contributed by atoms with van der Waals surface area (Å²) >= 11 is 0. The fraction of sp³-hybridized carbons (Fsp3) is 0.333. The van der Waals surface area contributed by atoms with Gasteiger partial charge in [-0.3, -0.25) is 24.6 Å². The van der Waals surface area contributed by atoms with Crippen LogP contribution < -0.4 is 15.5 Å². The zero-order valence-electron chi connectivity index (χ0n) is 22.5. The van der Waals surface area contributed by atoms with Crippen LogP contribution in [0.25, 0.3) is 0 Å². The summed E-state index contributed by atoms with van der Waals surface area (Å²) in [7, 11) is 0. The maximum absolute atomic E-state index is 13.5. The van der Waals surface area contributed by atoms with Gasteiger partial charge in [-0.25, -0.2) is 0 Å². The van der Waals surface area contributed by atoms with Gasteiger partial charge in [-0.2, -0.15) is 0 Å². The smallest absolute Gasteiger partial charge is 0.273 e. The van der Waals surface area contributed by atoms with Crippen molar-refractivity contribution in [3.8, 4) is 0 Å². The number of nitro benzene ring substituents is 1. The van der Waals surface area contributed by atoms with Gasteiger partial charge >= 0.3 is 0 Å². The highest BCUT2D eigenvalue weighted by atomic mass is 16.6. The maximum atomic E-state index is 13.5. The summed E-state index contributed by atoms with van der Waals surface area (Å²) in [5.41, 5.74) is 4.77. The molecule has 10 heteroatoms. The minimum absolute atomic E-state index is 0.117. The summed E-state index contributed by atoms with van der Waals surface area (Å²) in [4.78, 5) is 41.8. The minimum Gasteiger partial charge on any atom is -0.379 e. The highest BCUT2D eigenvalue weighted by Crippen LogP contribution is 2.30. The van der Waals surface area contributed by atoms with Crippen LogP contribution in [0, 0.1) is 17.0 Å². The van der Waals surface area contributed by atoms with E-state index < -0.39 is 10.8 Å². The van der Waals surface area contributed by atoms with Crippen LogP contribution in [0.4, 0.5) is 17.1 Å². The van der Waals surface area contributed by atoms with Crippen molar-refractivity contribution >= 4 is 28.9 Å². The van der Waals surface area contributed by atoms with Gasteiger partial charge < -0.3 is 20.3 Å². The van der Waals surface area contributed by atoms with Crippen molar-refractivity contribution in [2.75, 3.05) is 56.2 Å².